The van der Waals surface area contributed by atoms with E-state index in [0.29, 0.717) is 0 Å². The molecule has 9 aromatic carbocycles. The fraction of sp³-hybridized carbons (Fsp3) is 0.0625. The summed E-state index contributed by atoms with van der Waals surface area (Å²) in [5.41, 5.74) is 25.4. The van der Waals surface area contributed by atoms with Crippen molar-refractivity contribution in [3.05, 3.63) is 269 Å². The Labute approximate surface area is 390 Å². The molecule has 0 amide bonds. The average molecular weight is 860 g/mol. The van der Waals surface area contributed by atoms with Crippen molar-refractivity contribution in [3.8, 4) is 54.9 Å². The van der Waals surface area contributed by atoms with Crippen LogP contribution in [0.15, 0.2) is 236 Å². The van der Waals surface area contributed by atoms with Crippen molar-refractivity contribution in [1.29, 1.82) is 0 Å². The molecule has 1 nitrogen and oxygen atoms in total. The van der Waals surface area contributed by atoms with Crippen molar-refractivity contribution in [3.63, 3.8) is 0 Å². The van der Waals surface area contributed by atoms with E-state index >= 15 is 0 Å². The Hall–Kier alpha value is -7.78. The van der Waals surface area contributed by atoms with Gasteiger partial charge in [-0.2, -0.15) is 0 Å². The van der Waals surface area contributed by atoms with E-state index in [0.717, 1.165) is 30.6 Å². The van der Waals surface area contributed by atoms with Crippen LogP contribution in [0.1, 0.15) is 46.2 Å². The summed E-state index contributed by atoms with van der Waals surface area (Å²) in [6, 6.07) is 79.8. The fourth-order valence-electron chi connectivity index (χ4n) is 11.7. The molecular formula is C64H45NS. The molecule has 4 aliphatic rings. The fourth-order valence-corrected chi connectivity index (χ4v) is 12.9. The highest BCUT2D eigenvalue weighted by atomic mass is 32.1. The van der Waals surface area contributed by atoms with E-state index in [9.17, 15) is 0 Å². The van der Waals surface area contributed by atoms with Crippen molar-refractivity contribution in [2.45, 2.75) is 24.7 Å². The van der Waals surface area contributed by atoms with Crippen LogP contribution in [0.25, 0.3) is 70.6 Å². The van der Waals surface area contributed by atoms with Crippen LogP contribution in [0, 0.1) is 0 Å². The summed E-state index contributed by atoms with van der Waals surface area (Å²) in [5, 5.41) is 5.22. The van der Waals surface area contributed by atoms with Crippen LogP contribution >= 0.6 is 11.3 Å². The van der Waals surface area contributed by atoms with Crippen molar-refractivity contribution in [2.24, 2.45) is 0 Å². The van der Waals surface area contributed by atoms with E-state index < -0.39 is 0 Å². The summed E-state index contributed by atoms with van der Waals surface area (Å²) in [6.45, 7) is 0. The van der Waals surface area contributed by atoms with Gasteiger partial charge in [0.2, 0.25) is 0 Å². The van der Waals surface area contributed by atoms with Crippen molar-refractivity contribution in [2.75, 3.05) is 5.32 Å². The molecule has 0 bridgehead atoms. The van der Waals surface area contributed by atoms with Gasteiger partial charge in [0, 0.05) is 48.6 Å². The largest absolute Gasteiger partial charge is 0.355 e. The number of allylic oxidation sites excluding steroid dienone is 4. The van der Waals surface area contributed by atoms with E-state index in [2.05, 4.69) is 236 Å². The maximum Gasteiger partial charge on any atom is 0.0688 e. The standard InChI is InChI=1S/C39H27NS.C25H18/c1-2-13-26(14-3-1)30-18-8-10-22-34(30)40-35-23-12-16-28-25-27-15-4-5-17-29(27)31-19-6-7-20-32(31)39-38(37(28)35)33-21-9-11-24-36(33)41-39;1-5-13-21-17(9-1)18-10-2-6-14-22(18)25(21)23-15-7-3-11-19(23)20-12-4-8-16-24(20)25/h1-24,40H,25H2;1-7,9-15H,8,16H2. The molecule has 2 heteroatoms. The van der Waals surface area contributed by atoms with Crippen LogP contribution in [0.3, 0.4) is 0 Å². The molecule has 0 unspecified atom stereocenters. The molecule has 0 saturated carbocycles. The molecule has 0 aliphatic heterocycles. The lowest BCUT2D eigenvalue weighted by atomic mass is 9.68. The van der Waals surface area contributed by atoms with Gasteiger partial charge in [0.1, 0.15) is 0 Å². The molecular weight excluding hydrogens is 815 g/mol. The summed E-state index contributed by atoms with van der Waals surface area (Å²) in [5.74, 6) is 0. The van der Waals surface area contributed by atoms with Crippen LogP contribution in [0.2, 0.25) is 0 Å². The highest BCUT2D eigenvalue weighted by molar-refractivity contribution is 7.23. The Morgan fingerprint density at radius 3 is 1.74 bits per heavy atom. The highest BCUT2D eigenvalue weighted by Gasteiger charge is 2.52. The number of benzene rings is 9. The summed E-state index contributed by atoms with van der Waals surface area (Å²) < 4.78 is 1.31. The van der Waals surface area contributed by atoms with Gasteiger partial charge in [0.25, 0.3) is 0 Å². The Morgan fingerprint density at radius 2 is 0.970 bits per heavy atom. The summed E-state index contributed by atoms with van der Waals surface area (Å²) >= 11 is 1.90. The molecule has 66 heavy (non-hydrogen) atoms. The maximum atomic E-state index is 3.92. The predicted molar refractivity (Wildman–Crippen MR) is 280 cm³/mol. The molecule has 1 N–H and O–H groups in total. The van der Waals surface area contributed by atoms with Gasteiger partial charge in [-0.3, -0.25) is 0 Å². The Balaban J connectivity index is 0.000000148. The lowest BCUT2D eigenvalue weighted by Crippen LogP contribution is -2.27. The molecule has 1 aromatic heterocycles. The van der Waals surface area contributed by atoms with Crippen LogP contribution in [0.4, 0.5) is 11.4 Å². The molecule has 14 rings (SSSR count). The molecule has 0 fully saturated rings. The number of thiophene rings is 1. The van der Waals surface area contributed by atoms with Gasteiger partial charge < -0.3 is 5.32 Å². The Bertz CT molecular complexity index is 3560. The number of rotatable bonds is 3. The Morgan fingerprint density at radius 1 is 0.409 bits per heavy atom. The Kier molecular flexibility index (Phi) is 9.21. The smallest absolute Gasteiger partial charge is 0.0688 e. The van der Waals surface area contributed by atoms with Crippen LogP contribution < -0.4 is 5.32 Å². The minimum absolute atomic E-state index is 0.0934. The number of nitrogens with one attached hydrogen (secondary N) is 1. The average Bonchev–Trinajstić information content (AvgIpc) is 4.02. The SMILES string of the molecule is C1=CC2=C(CC1)C1(c3ccccc32)c2ccccc2-c2ccccc21.c1ccc(-c2ccccc2Nc2cccc3c2-c2c(sc4ccccc24)-c2ccccc2-c2ccccc2C3)cc1. The topological polar surface area (TPSA) is 12.0 Å². The lowest BCUT2D eigenvalue weighted by molar-refractivity contribution is 0.714. The molecule has 0 radical (unpaired) electrons. The van der Waals surface area contributed by atoms with E-state index in [-0.39, 0.29) is 5.41 Å². The third-order valence-corrected chi connectivity index (χ3v) is 15.5. The van der Waals surface area contributed by atoms with E-state index in [1.807, 2.05) is 11.3 Å². The molecule has 0 atom stereocenters. The minimum Gasteiger partial charge on any atom is -0.355 e. The van der Waals surface area contributed by atoms with Gasteiger partial charge in [-0.25, -0.2) is 0 Å². The third-order valence-electron chi connectivity index (χ3n) is 14.3. The number of para-hydroxylation sites is 1. The van der Waals surface area contributed by atoms with Crippen molar-refractivity contribution >= 4 is 38.4 Å². The third kappa shape index (κ3) is 5.92. The van der Waals surface area contributed by atoms with Crippen LogP contribution in [-0.4, -0.2) is 0 Å². The van der Waals surface area contributed by atoms with Gasteiger partial charge in [-0.05, 0) is 110 Å². The number of hydrogen-bond acceptors (Lipinski definition) is 2. The second kappa shape index (κ2) is 15.7. The first kappa shape index (κ1) is 38.7. The van der Waals surface area contributed by atoms with E-state index in [4.69, 9.17) is 0 Å². The first-order valence-corrected chi connectivity index (χ1v) is 24.0. The highest BCUT2D eigenvalue weighted by Crippen LogP contribution is 2.63. The van der Waals surface area contributed by atoms with Crippen molar-refractivity contribution in [1.82, 2.24) is 0 Å². The van der Waals surface area contributed by atoms with E-state index in [1.165, 1.54) is 104 Å². The van der Waals surface area contributed by atoms with E-state index in [1.54, 1.807) is 5.57 Å². The molecule has 312 valence electrons. The van der Waals surface area contributed by atoms with Gasteiger partial charge in [-0.15, -0.1) is 11.3 Å². The number of fused-ring (bicyclic) bond motifs is 18. The second-order valence-electron chi connectivity index (χ2n) is 17.8. The first-order valence-electron chi connectivity index (χ1n) is 23.2. The summed E-state index contributed by atoms with van der Waals surface area (Å²) in [4.78, 5) is 1.32. The lowest BCUT2D eigenvalue weighted by Gasteiger charge is -2.33. The monoisotopic (exact) mass is 859 g/mol. The number of anilines is 2. The van der Waals surface area contributed by atoms with Gasteiger partial charge in [0.15, 0.2) is 0 Å². The number of hydrogen-bond donors (Lipinski definition) is 1. The van der Waals surface area contributed by atoms with Crippen molar-refractivity contribution < 1.29 is 0 Å². The van der Waals surface area contributed by atoms with Gasteiger partial charge in [0.05, 0.1) is 5.41 Å². The zero-order valence-corrected chi connectivity index (χ0v) is 37.3. The predicted octanol–water partition coefficient (Wildman–Crippen LogP) is 17.3. The van der Waals surface area contributed by atoms with Crippen LogP contribution in [-0.2, 0) is 11.8 Å². The van der Waals surface area contributed by atoms with Gasteiger partial charge >= 0.3 is 0 Å². The maximum absolute atomic E-state index is 3.92. The molecule has 0 saturated heterocycles. The normalized spacial score (nSPS) is 14.2. The first-order chi connectivity index (χ1) is 32.8. The molecule has 4 aliphatic carbocycles. The minimum atomic E-state index is -0.0934. The quantitative estimate of drug-likeness (QED) is 0.187. The zero-order valence-electron chi connectivity index (χ0n) is 36.5. The summed E-state index contributed by atoms with van der Waals surface area (Å²) in [7, 11) is 0. The summed E-state index contributed by atoms with van der Waals surface area (Å²) in [6.07, 6.45) is 7.83. The van der Waals surface area contributed by atoms with Gasteiger partial charge in [-0.1, -0.05) is 212 Å². The zero-order chi connectivity index (χ0) is 43.6. The molecule has 1 heterocycles. The molecule has 1 spiro atoms. The molecule has 10 aromatic rings. The second-order valence-corrected chi connectivity index (χ2v) is 18.8. The van der Waals surface area contributed by atoms with Crippen LogP contribution in [0.5, 0.6) is 0 Å².